The van der Waals surface area contributed by atoms with E-state index in [2.05, 4.69) is 4.98 Å². The van der Waals surface area contributed by atoms with Crippen LogP contribution < -0.4 is 10.5 Å². The van der Waals surface area contributed by atoms with Crippen LogP contribution in [0.15, 0.2) is 18.3 Å². The molecule has 0 spiro atoms. The molecule has 1 aromatic heterocycles. The van der Waals surface area contributed by atoms with Crippen LogP contribution in [0, 0.1) is 0 Å². The van der Waals surface area contributed by atoms with Crippen molar-refractivity contribution in [3.05, 3.63) is 24.0 Å². The summed E-state index contributed by atoms with van der Waals surface area (Å²) in [4.78, 5) is 14.9. The van der Waals surface area contributed by atoms with E-state index in [9.17, 15) is 4.79 Å². The Morgan fingerprint density at radius 1 is 1.56 bits per heavy atom. The summed E-state index contributed by atoms with van der Waals surface area (Å²) in [6, 6.07) is 3.22. The van der Waals surface area contributed by atoms with Crippen LogP contribution in [-0.4, -0.2) is 22.2 Å². The van der Waals surface area contributed by atoms with Gasteiger partial charge in [-0.15, -0.1) is 0 Å². The van der Waals surface area contributed by atoms with E-state index in [4.69, 9.17) is 15.6 Å². The molecule has 0 saturated heterocycles. The van der Waals surface area contributed by atoms with Gasteiger partial charge in [0.15, 0.2) is 5.54 Å². The molecule has 0 radical (unpaired) electrons. The molecule has 0 aliphatic carbocycles. The monoisotopic (exact) mass is 224 g/mol. The molecule has 5 nitrogen and oxygen atoms in total. The molecule has 0 bridgehead atoms. The van der Waals surface area contributed by atoms with Gasteiger partial charge in [-0.3, -0.25) is 4.98 Å². The summed E-state index contributed by atoms with van der Waals surface area (Å²) < 4.78 is 5.39. The molecule has 0 saturated carbocycles. The summed E-state index contributed by atoms with van der Waals surface area (Å²) in [6.45, 7) is 5.21. The number of nitrogens with zero attached hydrogens (tertiary/aromatic N) is 1. The van der Waals surface area contributed by atoms with Crippen molar-refractivity contribution in [1.29, 1.82) is 0 Å². The maximum absolute atomic E-state index is 10.9. The van der Waals surface area contributed by atoms with E-state index in [1.165, 1.54) is 13.1 Å². The molecule has 1 unspecified atom stereocenters. The van der Waals surface area contributed by atoms with Gasteiger partial charge in [0.2, 0.25) is 0 Å². The Morgan fingerprint density at radius 3 is 2.56 bits per heavy atom. The summed E-state index contributed by atoms with van der Waals surface area (Å²) in [6.07, 6.45) is 1.53. The van der Waals surface area contributed by atoms with Gasteiger partial charge in [-0.25, -0.2) is 4.79 Å². The Hall–Kier alpha value is -1.62. The Balaban J connectivity index is 2.91. The van der Waals surface area contributed by atoms with Gasteiger partial charge in [0.25, 0.3) is 0 Å². The lowest BCUT2D eigenvalue weighted by Gasteiger charge is -2.18. The van der Waals surface area contributed by atoms with Crippen LogP contribution in [0.25, 0.3) is 0 Å². The van der Waals surface area contributed by atoms with Crippen LogP contribution in [0.1, 0.15) is 26.5 Å². The molecule has 1 aromatic rings. The summed E-state index contributed by atoms with van der Waals surface area (Å²) in [5, 5.41) is 8.91. The molecule has 0 aliphatic rings. The minimum absolute atomic E-state index is 0.0522. The molecule has 1 atom stereocenters. The van der Waals surface area contributed by atoms with E-state index in [-0.39, 0.29) is 6.10 Å². The highest BCUT2D eigenvalue weighted by Gasteiger charge is 2.31. The molecule has 5 heteroatoms. The lowest BCUT2D eigenvalue weighted by Crippen LogP contribution is -2.42. The fourth-order valence-corrected chi connectivity index (χ4v) is 1.14. The van der Waals surface area contributed by atoms with Crippen LogP contribution in [0.2, 0.25) is 0 Å². The predicted octanol–water partition coefficient (Wildman–Crippen LogP) is 1.13. The van der Waals surface area contributed by atoms with Crippen molar-refractivity contribution in [2.24, 2.45) is 5.73 Å². The zero-order valence-corrected chi connectivity index (χ0v) is 9.60. The highest BCUT2D eigenvalue weighted by molar-refractivity contribution is 5.79. The van der Waals surface area contributed by atoms with E-state index >= 15 is 0 Å². The van der Waals surface area contributed by atoms with E-state index < -0.39 is 11.5 Å². The summed E-state index contributed by atoms with van der Waals surface area (Å²) in [5.74, 6) is -0.516. The minimum Gasteiger partial charge on any atom is -0.489 e. The van der Waals surface area contributed by atoms with Crippen molar-refractivity contribution >= 4 is 5.97 Å². The summed E-state index contributed by atoms with van der Waals surface area (Å²) in [5.41, 5.74) is 4.46. The zero-order chi connectivity index (χ0) is 12.3. The predicted molar refractivity (Wildman–Crippen MR) is 59.2 cm³/mol. The molecular formula is C11H16N2O3. The largest absolute Gasteiger partial charge is 0.489 e. The molecule has 1 rings (SSSR count). The van der Waals surface area contributed by atoms with E-state index in [1.807, 2.05) is 13.8 Å². The summed E-state index contributed by atoms with van der Waals surface area (Å²) in [7, 11) is 0. The van der Waals surface area contributed by atoms with Gasteiger partial charge in [0.05, 0.1) is 18.0 Å². The molecule has 1 heterocycles. The highest BCUT2D eigenvalue weighted by Crippen LogP contribution is 2.18. The average Bonchev–Trinajstić information content (AvgIpc) is 2.17. The number of aliphatic carboxylic acids is 1. The van der Waals surface area contributed by atoms with Gasteiger partial charge < -0.3 is 15.6 Å². The average molecular weight is 224 g/mol. The topological polar surface area (TPSA) is 85.4 Å². The number of aromatic nitrogens is 1. The highest BCUT2D eigenvalue weighted by atomic mass is 16.5. The zero-order valence-electron chi connectivity index (χ0n) is 9.60. The standard InChI is InChI=1S/C11H16N2O3/c1-7(2)16-8-4-5-9(13-6-8)11(3,12)10(14)15/h4-7H,12H2,1-3H3,(H,14,15). The van der Waals surface area contributed by atoms with Crippen LogP contribution >= 0.6 is 0 Å². The molecule has 88 valence electrons. The number of rotatable bonds is 4. The van der Waals surface area contributed by atoms with Crippen LogP contribution in [0.3, 0.4) is 0 Å². The van der Waals surface area contributed by atoms with Crippen LogP contribution in [0.4, 0.5) is 0 Å². The molecule has 0 fully saturated rings. The number of ether oxygens (including phenoxy) is 1. The molecule has 0 aliphatic heterocycles. The van der Waals surface area contributed by atoms with Gasteiger partial charge in [0.1, 0.15) is 5.75 Å². The quantitative estimate of drug-likeness (QED) is 0.800. The van der Waals surface area contributed by atoms with Gasteiger partial charge in [-0.1, -0.05) is 0 Å². The Labute approximate surface area is 94.2 Å². The normalized spacial score (nSPS) is 14.6. The van der Waals surface area contributed by atoms with E-state index in [0.717, 1.165) is 0 Å². The van der Waals surface area contributed by atoms with Crippen molar-refractivity contribution in [3.63, 3.8) is 0 Å². The second-order valence-corrected chi connectivity index (χ2v) is 4.05. The van der Waals surface area contributed by atoms with Crippen molar-refractivity contribution in [2.45, 2.75) is 32.4 Å². The second-order valence-electron chi connectivity index (χ2n) is 4.05. The lowest BCUT2D eigenvalue weighted by atomic mass is 9.99. The van der Waals surface area contributed by atoms with Crippen molar-refractivity contribution in [1.82, 2.24) is 4.98 Å². The first kappa shape index (κ1) is 12.4. The first-order valence-corrected chi connectivity index (χ1v) is 4.99. The fourth-order valence-electron chi connectivity index (χ4n) is 1.14. The Bertz CT molecular complexity index is 371. The van der Waals surface area contributed by atoms with Gasteiger partial charge >= 0.3 is 5.97 Å². The third kappa shape index (κ3) is 2.70. The lowest BCUT2D eigenvalue weighted by molar-refractivity contribution is -0.143. The molecule has 0 amide bonds. The van der Waals surface area contributed by atoms with Crippen LogP contribution in [-0.2, 0) is 10.3 Å². The van der Waals surface area contributed by atoms with Crippen LogP contribution in [0.5, 0.6) is 5.75 Å². The number of hydrogen-bond donors (Lipinski definition) is 2. The second kappa shape index (κ2) is 4.49. The maximum Gasteiger partial charge on any atom is 0.329 e. The number of nitrogens with two attached hydrogens (primary N) is 1. The SMILES string of the molecule is CC(C)Oc1ccc(C(C)(N)C(=O)O)nc1. The van der Waals surface area contributed by atoms with Crippen molar-refractivity contribution < 1.29 is 14.6 Å². The number of hydrogen-bond acceptors (Lipinski definition) is 4. The number of carbonyl (C=O) groups is 1. The third-order valence-corrected chi connectivity index (χ3v) is 2.08. The number of pyridine rings is 1. The Morgan fingerprint density at radius 2 is 2.19 bits per heavy atom. The number of carboxylic acids is 1. The fraction of sp³-hybridized carbons (Fsp3) is 0.455. The first-order valence-electron chi connectivity index (χ1n) is 4.99. The minimum atomic E-state index is -1.48. The summed E-state index contributed by atoms with van der Waals surface area (Å²) >= 11 is 0. The van der Waals surface area contributed by atoms with E-state index in [0.29, 0.717) is 11.4 Å². The molecular weight excluding hydrogens is 208 g/mol. The van der Waals surface area contributed by atoms with Gasteiger partial charge in [-0.05, 0) is 32.9 Å². The smallest absolute Gasteiger partial charge is 0.329 e. The molecule has 0 aromatic carbocycles. The van der Waals surface area contributed by atoms with Crippen molar-refractivity contribution in [3.8, 4) is 5.75 Å². The number of carboxylic acid groups (broad SMARTS) is 1. The third-order valence-electron chi connectivity index (χ3n) is 2.08. The first-order chi connectivity index (χ1) is 7.34. The molecule has 16 heavy (non-hydrogen) atoms. The van der Waals surface area contributed by atoms with E-state index in [1.54, 1.807) is 12.1 Å². The van der Waals surface area contributed by atoms with Gasteiger partial charge in [0, 0.05) is 0 Å². The van der Waals surface area contributed by atoms with Crippen molar-refractivity contribution in [2.75, 3.05) is 0 Å². The molecule has 3 N–H and O–H groups in total. The Kier molecular flexibility index (Phi) is 3.49. The van der Waals surface area contributed by atoms with Gasteiger partial charge in [-0.2, -0.15) is 0 Å². The maximum atomic E-state index is 10.9.